The molecule has 0 aliphatic heterocycles. The summed E-state index contributed by atoms with van der Waals surface area (Å²) in [5.74, 6) is 0.412. The van der Waals surface area contributed by atoms with Crippen LogP contribution in [-0.2, 0) is 10.0 Å². The van der Waals surface area contributed by atoms with Gasteiger partial charge in [-0.05, 0) is 30.0 Å². The van der Waals surface area contributed by atoms with E-state index in [1.807, 2.05) is 19.1 Å². The van der Waals surface area contributed by atoms with Gasteiger partial charge < -0.3 is 0 Å². The lowest BCUT2D eigenvalue weighted by Crippen LogP contribution is -2.23. The molecule has 1 N–H and O–H groups in total. The van der Waals surface area contributed by atoms with Crippen molar-refractivity contribution in [2.45, 2.75) is 38.5 Å². The van der Waals surface area contributed by atoms with Crippen molar-refractivity contribution < 1.29 is 8.42 Å². The maximum Gasteiger partial charge on any atom is 0.240 e. The Morgan fingerprint density at radius 2 is 1.94 bits per heavy atom. The third-order valence-corrected chi connectivity index (χ3v) is 4.20. The van der Waals surface area contributed by atoms with Gasteiger partial charge in [0, 0.05) is 6.54 Å². The Morgan fingerprint density at radius 1 is 1.31 bits per heavy atom. The number of benzene rings is 1. The van der Waals surface area contributed by atoms with E-state index in [1.165, 1.54) is 0 Å². The first-order valence-corrected chi connectivity index (χ1v) is 6.97. The van der Waals surface area contributed by atoms with E-state index in [9.17, 15) is 8.42 Å². The summed E-state index contributed by atoms with van der Waals surface area (Å²) in [6.45, 7) is 8.19. The largest absolute Gasteiger partial charge is 0.240 e. The second-order valence-corrected chi connectivity index (χ2v) is 5.92. The highest BCUT2D eigenvalue weighted by Gasteiger charge is 2.15. The minimum absolute atomic E-state index is 0.374. The number of aryl methyl sites for hydroxylation is 1. The molecule has 16 heavy (non-hydrogen) atoms. The highest BCUT2D eigenvalue weighted by molar-refractivity contribution is 7.89. The van der Waals surface area contributed by atoms with Crippen molar-refractivity contribution in [3.05, 3.63) is 29.3 Å². The number of sulfonamides is 1. The van der Waals surface area contributed by atoms with E-state index in [0.717, 1.165) is 11.1 Å². The summed E-state index contributed by atoms with van der Waals surface area (Å²) >= 11 is 0. The second-order valence-electron chi connectivity index (χ2n) is 4.18. The third-order valence-electron chi connectivity index (χ3n) is 2.49. The summed E-state index contributed by atoms with van der Waals surface area (Å²) in [4.78, 5) is 0.374. The molecule has 90 valence electrons. The minimum atomic E-state index is -3.33. The van der Waals surface area contributed by atoms with Crippen molar-refractivity contribution in [1.29, 1.82) is 0 Å². The van der Waals surface area contributed by atoms with Crippen LogP contribution in [0.5, 0.6) is 0 Å². The van der Waals surface area contributed by atoms with Crippen LogP contribution in [-0.4, -0.2) is 15.0 Å². The quantitative estimate of drug-likeness (QED) is 0.880. The van der Waals surface area contributed by atoms with Crippen molar-refractivity contribution >= 4 is 10.0 Å². The summed E-state index contributed by atoms with van der Waals surface area (Å²) in [6.07, 6.45) is 0. The molecule has 0 atom stereocenters. The first kappa shape index (κ1) is 13.2. The van der Waals surface area contributed by atoms with Gasteiger partial charge in [0.15, 0.2) is 0 Å². The van der Waals surface area contributed by atoms with Crippen molar-refractivity contribution in [3.8, 4) is 0 Å². The van der Waals surface area contributed by atoms with Gasteiger partial charge in [0.2, 0.25) is 10.0 Å². The standard InChI is InChI=1S/C12H19NO2S/c1-5-13-16(14,15)12-7-6-11(9(2)3)8-10(12)4/h6-9,13H,5H2,1-4H3. The molecule has 0 saturated carbocycles. The zero-order valence-corrected chi connectivity index (χ0v) is 11.1. The van der Waals surface area contributed by atoms with E-state index >= 15 is 0 Å². The van der Waals surface area contributed by atoms with Gasteiger partial charge in [-0.2, -0.15) is 0 Å². The van der Waals surface area contributed by atoms with Gasteiger partial charge in [0.25, 0.3) is 0 Å². The lowest BCUT2D eigenvalue weighted by atomic mass is 10.0. The van der Waals surface area contributed by atoms with E-state index in [1.54, 1.807) is 13.0 Å². The zero-order chi connectivity index (χ0) is 12.3. The maximum atomic E-state index is 11.8. The molecule has 0 aliphatic carbocycles. The molecule has 0 aliphatic rings. The average molecular weight is 241 g/mol. The normalized spacial score (nSPS) is 12.1. The summed E-state index contributed by atoms with van der Waals surface area (Å²) in [5.41, 5.74) is 1.96. The van der Waals surface area contributed by atoms with E-state index in [4.69, 9.17) is 0 Å². The van der Waals surface area contributed by atoms with Gasteiger partial charge >= 0.3 is 0 Å². The highest BCUT2D eigenvalue weighted by atomic mass is 32.2. The molecule has 0 unspecified atom stereocenters. The molecular weight excluding hydrogens is 222 g/mol. The maximum absolute atomic E-state index is 11.8. The predicted molar refractivity (Wildman–Crippen MR) is 66.1 cm³/mol. The van der Waals surface area contributed by atoms with Gasteiger partial charge in [0.05, 0.1) is 4.90 Å². The Balaban J connectivity index is 3.18. The molecule has 0 bridgehead atoms. The van der Waals surface area contributed by atoms with Gasteiger partial charge in [-0.15, -0.1) is 0 Å². The summed E-state index contributed by atoms with van der Waals surface area (Å²) in [5, 5.41) is 0. The lowest BCUT2D eigenvalue weighted by molar-refractivity contribution is 0.583. The van der Waals surface area contributed by atoms with Crippen LogP contribution in [0.3, 0.4) is 0 Å². The number of rotatable bonds is 4. The lowest BCUT2D eigenvalue weighted by Gasteiger charge is -2.11. The SMILES string of the molecule is CCNS(=O)(=O)c1ccc(C(C)C)cc1C. The molecule has 3 nitrogen and oxygen atoms in total. The van der Waals surface area contributed by atoms with Crippen LogP contribution in [0, 0.1) is 6.92 Å². The predicted octanol–water partition coefficient (Wildman–Crippen LogP) is 2.42. The molecule has 0 saturated heterocycles. The Labute approximate surface area is 97.9 Å². The van der Waals surface area contributed by atoms with E-state index in [2.05, 4.69) is 18.6 Å². The molecule has 0 spiro atoms. The van der Waals surface area contributed by atoms with Crippen LogP contribution in [0.1, 0.15) is 37.8 Å². The van der Waals surface area contributed by atoms with Crippen molar-refractivity contribution in [2.75, 3.05) is 6.54 Å². The number of hydrogen-bond acceptors (Lipinski definition) is 2. The van der Waals surface area contributed by atoms with E-state index in [0.29, 0.717) is 17.4 Å². The molecule has 1 aromatic rings. The summed E-state index contributed by atoms with van der Waals surface area (Å²) in [7, 11) is -3.33. The van der Waals surface area contributed by atoms with Crippen LogP contribution in [0.25, 0.3) is 0 Å². The number of nitrogens with one attached hydrogen (secondary N) is 1. The van der Waals surface area contributed by atoms with Crippen LogP contribution >= 0.6 is 0 Å². The first-order valence-electron chi connectivity index (χ1n) is 5.48. The van der Waals surface area contributed by atoms with Crippen LogP contribution in [0.15, 0.2) is 23.1 Å². The molecule has 0 amide bonds. The average Bonchev–Trinajstić information content (AvgIpc) is 2.16. The Kier molecular flexibility index (Phi) is 4.10. The van der Waals surface area contributed by atoms with Crippen molar-refractivity contribution in [3.63, 3.8) is 0 Å². The minimum Gasteiger partial charge on any atom is -0.211 e. The molecular formula is C12H19NO2S. The fourth-order valence-electron chi connectivity index (χ4n) is 1.60. The summed E-state index contributed by atoms with van der Waals surface area (Å²) in [6, 6.07) is 5.50. The Bertz CT molecular complexity index is 464. The number of hydrogen-bond donors (Lipinski definition) is 1. The zero-order valence-electron chi connectivity index (χ0n) is 10.2. The Morgan fingerprint density at radius 3 is 2.38 bits per heavy atom. The molecule has 0 aromatic heterocycles. The van der Waals surface area contributed by atoms with Gasteiger partial charge in [-0.1, -0.05) is 32.9 Å². The molecule has 1 aromatic carbocycles. The fraction of sp³-hybridized carbons (Fsp3) is 0.500. The summed E-state index contributed by atoms with van der Waals surface area (Å²) < 4.78 is 26.1. The van der Waals surface area contributed by atoms with Crippen LogP contribution < -0.4 is 4.72 Å². The fourth-order valence-corrected chi connectivity index (χ4v) is 2.87. The molecule has 0 radical (unpaired) electrons. The van der Waals surface area contributed by atoms with E-state index < -0.39 is 10.0 Å². The third kappa shape index (κ3) is 2.83. The monoisotopic (exact) mass is 241 g/mol. The molecule has 0 heterocycles. The molecule has 0 fully saturated rings. The second kappa shape index (κ2) is 4.97. The van der Waals surface area contributed by atoms with Crippen molar-refractivity contribution in [1.82, 2.24) is 4.72 Å². The van der Waals surface area contributed by atoms with Crippen LogP contribution in [0.4, 0.5) is 0 Å². The highest BCUT2D eigenvalue weighted by Crippen LogP contribution is 2.21. The van der Waals surface area contributed by atoms with Gasteiger partial charge in [-0.3, -0.25) is 0 Å². The van der Waals surface area contributed by atoms with E-state index in [-0.39, 0.29) is 0 Å². The Hall–Kier alpha value is -0.870. The topological polar surface area (TPSA) is 46.2 Å². The first-order chi connectivity index (χ1) is 7.38. The van der Waals surface area contributed by atoms with Crippen molar-refractivity contribution in [2.24, 2.45) is 0 Å². The molecule has 1 rings (SSSR count). The molecule has 4 heteroatoms. The smallest absolute Gasteiger partial charge is 0.211 e. The van der Waals surface area contributed by atoms with Gasteiger partial charge in [-0.25, -0.2) is 13.1 Å². The van der Waals surface area contributed by atoms with Gasteiger partial charge in [0.1, 0.15) is 0 Å². The van der Waals surface area contributed by atoms with Crippen LogP contribution in [0.2, 0.25) is 0 Å².